The normalized spacial score (nSPS) is 13.9. The van der Waals surface area contributed by atoms with Crippen molar-refractivity contribution in [2.75, 3.05) is 19.8 Å². The molecular weight excluding hydrogens is 565 g/mol. The molecule has 1 amide bonds. The van der Waals surface area contributed by atoms with Crippen molar-refractivity contribution in [2.45, 2.75) is 99.3 Å². The fraction of sp³-hybridized carbons (Fsp3) is 0.556. The third kappa shape index (κ3) is 11.7. The van der Waals surface area contributed by atoms with Gasteiger partial charge in [0.15, 0.2) is 5.78 Å². The number of nitrogens with one attached hydrogen (secondary N) is 1. The van der Waals surface area contributed by atoms with Crippen LogP contribution in [0.3, 0.4) is 0 Å². The Morgan fingerprint density at radius 1 is 1.09 bits per heavy atom. The van der Waals surface area contributed by atoms with Gasteiger partial charge >= 0.3 is 6.09 Å². The number of ether oxygens (including phenoxy) is 1. The van der Waals surface area contributed by atoms with Gasteiger partial charge in [0.05, 0.1) is 5.92 Å². The molecule has 1 aliphatic rings. The average molecular weight is 617 g/mol. The summed E-state index contributed by atoms with van der Waals surface area (Å²) in [5.74, 6) is -0.104. The van der Waals surface area contributed by atoms with E-state index in [4.69, 9.17) is 4.74 Å². The second kappa shape index (κ2) is 17.3. The summed E-state index contributed by atoms with van der Waals surface area (Å²) in [6.45, 7) is 15.4. The number of hydrogen-bond acceptors (Lipinski definition) is 3. The van der Waals surface area contributed by atoms with Gasteiger partial charge in [0, 0.05) is 35.2 Å². The summed E-state index contributed by atoms with van der Waals surface area (Å²) in [5.41, 5.74) is 4.83. The van der Waals surface area contributed by atoms with E-state index in [-0.39, 0.29) is 18.1 Å². The van der Waals surface area contributed by atoms with Crippen LogP contribution in [0, 0.1) is 24.6 Å². The Labute approximate surface area is 261 Å². The van der Waals surface area contributed by atoms with E-state index in [1.807, 2.05) is 0 Å². The first-order valence-electron chi connectivity index (χ1n) is 15.8. The van der Waals surface area contributed by atoms with Crippen LogP contribution in [-0.2, 0) is 17.6 Å². The molecule has 244 valence electrons. The Kier molecular flexibility index (Phi) is 14.5. The molecule has 1 saturated heterocycles. The number of amides is 1. The van der Waals surface area contributed by atoms with Crippen molar-refractivity contribution in [1.29, 1.82) is 0 Å². The number of halogens is 3. The first-order valence-corrected chi connectivity index (χ1v) is 15.8. The minimum Gasteiger partial charge on any atom is -0.444 e. The van der Waals surface area contributed by atoms with Crippen molar-refractivity contribution in [2.24, 2.45) is 11.8 Å². The molecule has 3 aromatic rings. The number of para-hydroxylation sites is 1. The number of hydrogen-bond donors (Lipinski definition) is 1. The van der Waals surface area contributed by atoms with Gasteiger partial charge in [-0.15, -0.1) is 0 Å². The van der Waals surface area contributed by atoms with Crippen molar-refractivity contribution in [3.05, 3.63) is 70.7 Å². The van der Waals surface area contributed by atoms with Gasteiger partial charge in [0.1, 0.15) is 24.3 Å². The van der Waals surface area contributed by atoms with Gasteiger partial charge in [-0.25, -0.2) is 18.0 Å². The minimum atomic E-state index is -1.23. The molecular formula is C36H51F3N2O3. The van der Waals surface area contributed by atoms with Crippen LogP contribution in [0.2, 0.25) is 0 Å². The second-order valence-corrected chi connectivity index (χ2v) is 13.0. The fourth-order valence-corrected chi connectivity index (χ4v) is 4.81. The van der Waals surface area contributed by atoms with Crippen LogP contribution in [0.1, 0.15) is 94.9 Å². The van der Waals surface area contributed by atoms with Crippen LogP contribution in [0.15, 0.2) is 42.5 Å². The van der Waals surface area contributed by atoms with E-state index in [2.05, 4.69) is 50.0 Å². The number of carbonyl (C=O) groups is 2. The molecule has 5 nitrogen and oxygen atoms in total. The predicted molar refractivity (Wildman–Crippen MR) is 173 cm³/mol. The highest BCUT2D eigenvalue weighted by molar-refractivity contribution is 5.99. The molecule has 0 saturated carbocycles. The maximum absolute atomic E-state index is 13.3. The summed E-state index contributed by atoms with van der Waals surface area (Å²) in [5, 5.41) is 1.42. The Morgan fingerprint density at radius 2 is 1.75 bits per heavy atom. The number of aryl methyl sites for hydroxylation is 2. The van der Waals surface area contributed by atoms with Gasteiger partial charge < -0.3 is 14.6 Å². The molecule has 1 aliphatic heterocycles. The lowest BCUT2D eigenvalue weighted by molar-refractivity contribution is 0.00147. The molecule has 2 aromatic carbocycles. The molecule has 1 fully saturated rings. The molecule has 1 N–H and O–H groups in total. The zero-order valence-electron chi connectivity index (χ0n) is 27.7. The van der Waals surface area contributed by atoms with Crippen LogP contribution in [0.25, 0.3) is 10.9 Å². The molecule has 2 heterocycles. The monoisotopic (exact) mass is 616 g/mol. The highest BCUT2D eigenvalue weighted by atomic mass is 19.2. The number of aromatic amines is 1. The van der Waals surface area contributed by atoms with Crippen LogP contribution in [-0.4, -0.2) is 53.3 Å². The maximum atomic E-state index is 13.3. The number of ketones is 1. The van der Waals surface area contributed by atoms with Crippen molar-refractivity contribution in [1.82, 2.24) is 9.88 Å². The van der Waals surface area contributed by atoms with Gasteiger partial charge in [0.2, 0.25) is 0 Å². The number of aromatic nitrogens is 1. The number of benzene rings is 2. The Balaban J connectivity index is 0.000000263. The number of alkyl halides is 2. The van der Waals surface area contributed by atoms with Gasteiger partial charge in [-0.05, 0) is 94.7 Å². The molecule has 0 spiro atoms. The number of carbonyl (C=O) groups excluding carboxylic acids is 2. The molecule has 8 heteroatoms. The van der Waals surface area contributed by atoms with E-state index in [1.165, 1.54) is 59.3 Å². The number of Topliss-reactive ketones (excluding diaryl/α,β-unsaturated/α-hetero) is 1. The molecule has 4 rings (SSSR count). The summed E-state index contributed by atoms with van der Waals surface area (Å²) in [7, 11) is 0. The molecule has 0 bridgehead atoms. The number of H-pyrrole nitrogens is 1. The summed E-state index contributed by atoms with van der Waals surface area (Å²) in [6.07, 6.45) is 3.55. The number of nitrogens with zero attached hydrogens (tertiary/aromatic N) is 1. The van der Waals surface area contributed by atoms with Crippen molar-refractivity contribution in [3.8, 4) is 0 Å². The standard InChI is InChI=1S/C16H20FNO3.C16H23N.C4H8F2/c1-10-5-11(7-13(17)6-10)14(19)12-8-18(9-12)15(20)21-16(2,3)4;1-4-5-9-16-14(11-12(2)3)13-8-6-7-10-15(13)17-16;1-2-4(6)3-5/h5-7,12H,8-9H2,1-4H3;6-8,10,12,17H,4-5,9,11H2,1-3H3;4H,2-3H2,1H3. The lowest BCUT2D eigenvalue weighted by Crippen LogP contribution is -2.54. The smallest absolute Gasteiger partial charge is 0.410 e. The molecule has 1 unspecified atom stereocenters. The van der Waals surface area contributed by atoms with Gasteiger partial charge in [-0.1, -0.05) is 52.3 Å². The molecule has 1 atom stereocenters. The van der Waals surface area contributed by atoms with Crippen LogP contribution in [0.5, 0.6) is 0 Å². The van der Waals surface area contributed by atoms with E-state index < -0.39 is 30.4 Å². The van der Waals surface area contributed by atoms with Crippen LogP contribution >= 0.6 is 0 Å². The highest BCUT2D eigenvalue weighted by Crippen LogP contribution is 2.26. The first kappa shape index (κ1) is 36.9. The average Bonchev–Trinajstić information content (AvgIpc) is 3.26. The second-order valence-electron chi connectivity index (χ2n) is 13.0. The third-order valence-electron chi connectivity index (χ3n) is 7.14. The fourth-order valence-electron chi connectivity index (χ4n) is 4.81. The van der Waals surface area contributed by atoms with E-state index in [1.54, 1.807) is 46.2 Å². The summed E-state index contributed by atoms with van der Waals surface area (Å²) < 4.78 is 41.1. The van der Waals surface area contributed by atoms with Crippen molar-refractivity contribution >= 4 is 22.8 Å². The van der Waals surface area contributed by atoms with E-state index in [9.17, 15) is 22.8 Å². The van der Waals surface area contributed by atoms with Gasteiger partial charge in [0.25, 0.3) is 0 Å². The van der Waals surface area contributed by atoms with Gasteiger partial charge in [-0.3, -0.25) is 4.79 Å². The largest absolute Gasteiger partial charge is 0.444 e. The zero-order chi connectivity index (χ0) is 33.0. The Morgan fingerprint density at radius 3 is 2.27 bits per heavy atom. The summed E-state index contributed by atoms with van der Waals surface area (Å²) in [6, 6.07) is 13.0. The van der Waals surface area contributed by atoms with Crippen molar-refractivity contribution in [3.63, 3.8) is 0 Å². The molecule has 1 aromatic heterocycles. The SMILES string of the molecule is CCC(F)CF.CCCCc1[nH]c2ccccc2c1CC(C)C.Cc1cc(F)cc(C(=O)C2CN(C(=O)OC(C)(C)C)C2)c1. The first-order chi connectivity index (χ1) is 20.7. The zero-order valence-corrected chi connectivity index (χ0v) is 27.7. The van der Waals surface area contributed by atoms with Crippen LogP contribution < -0.4 is 0 Å². The van der Waals surface area contributed by atoms with Crippen LogP contribution in [0.4, 0.5) is 18.0 Å². The van der Waals surface area contributed by atoms with E-state index in [0.717, 1.165) is 5.92 Å². The predicted octanol–water partition coefficient (Wildman–Crippen LogP) is 9.60. The van der Waals surface area contributed by atoms with E-state index >= 15 is 0 Å². The molecule has 44 heavy (non-hydrogen) atoms. The summed E-state index contributed by atoms with van der Waals surface area (Å²) >= 11 is 0. The Bertz CT molecular complexity index is 1320. The minimum absolute atomic E-state index is 0.127. The number of rotatable bonds is 9. The molecule has 0 aliphatic carbocycles. The lowest BCUT2D eigenvalue weighted by atomic mass is 9.90. The van der Waals surface area contributed by atoms with E-state index in [0.29, 0.717) is 24.2 Å². The summed E-state index contributed by atoms with van der Waals surface area (Å²) in [4.78, 5) is 29.1. The maximum Gasteiger partial charge on any atom is 0.410 e. The third-order valence-corrected chi connectivity index (χ3v) is 7.14. The number of fused-ring (bicyclic) bond motifs is 1. The lowest BCUT2D eigenvalue weighted by Gasteiger charge is -2.38. The van der Waals surface area contributed by atoms with Gasteiger partial charge in [-0.2, -0.15) is 0 Å². The van der Waals surface area contributed by atoms with Crippen molar-refractivity contribution < 1.29 is 27.5 Å². The topological polar surface area (TPSA) is 62.4 Å². The highest BCUT2D eigenvalue weighted by Gasteiger charge is 2.38. The quantitative estimate of drug-likeness (QED) is 0.244. The number of likely N-dealkylation sites (tertiary alicyclic amines) is 1. The Hall–Kier alpha value is -3.29. The molecule has 0 radical (unpaired) electrons. The number of unbranched alkanes of at least 4 members (excludes halogenated alkanes) is 1.